The molecule has 6 nitrogen and oxygen atoms in total. The Balaban J connectivity index is 1.65. The van der Waals surface area contributed by atoms with Gasteiger partial charge in [-0.05, 0) is 44.0 Å². The lowest BCUT2D eigenvalue weighted by Gasteiger charge is -2.10. The fourth-order valence-electron chi connectivity index (χ4n) is 2.94. The van der Waals surface area contributed by atoms with Gasteiger partial charge < -0.3 is 9.30 Å². The second-order valence-electron chi connectivity index (χ2n) is 6.04. The van der Waals surface area contributed by atoms with Gasteiger partial charge in [-0.2, -0.15) is 5.10 Å². The summed E-state index contributed by atoms with van der Waals surface area (Å²) in [6.45, 7) is 4.89. The van der Waals surface area contributed by atoms with E-state index in [0.29, 0.717) is 10.9 Å². The molecule has 0 aliphatic heterocycles. The van der Waals surface area contributed by atoms with Crippen LogP contribution in [0.4, 0.5) is 0 Å². The molecule has 0 saturated carbocycles. The Morgan fingerprint density at radius 1 is 1.27 bits per heavy atom. The SMILES string of the molecule is COc1ccc(CCn2c(C)cc(C(=O)CSc3ncn[nH]3)c2C)cc1. The van der Waals surface area contributed by atoms with Gasteiger partial charge in [-0.25, -0.2) is 4.98 Å². The van der Waals surface area contributed by atoms with Gasteiger partial charge in [0.15, 0.2) is 10.9 Å². The molecule has 26 heavy (non-hydrogen) atoms. The molecule has 0 saturated heterocycles. The molecule has 0 aliphatic carbocycles. The van der Waals surface area contributed by atoms with Gasteiger partial charge in [0.25, 0.3) is 0 Å². The molecule has 1 aromatic carbocycles. The lowest BCUT2D eigenvalue weighted by atomic mass is 10.1. The highest BCUT2D eigenvalue weighted by molar-refractivity contribution is 7.99. The van der Waals surface area contributed by atoms with E-state index in [0.717, 1.165) is 35.7 Å². The summed E-state index contributed by atoms with van der Waals surface area (Å²) in [6.07, 6.45) is 2.35. The van der Waals surface area contributed by atoms with Crippen LogP contribution < -0.4 is 4.74 Å². The number of rotatable bonds is 8. The molecular formula is C19H22N4O2S. The number of hydrogen-bond donors (Lipinski definition) is 1. The number of aromatic amines is 1. The van der Waals surface area contributed by atoms with Crippen LogP contribution in [0.15, 0.2) is 41.8 Å². The first-order valence-electron chi connectivity index (χ1n) is 8.39. The molecule has 136 valence electrons. The van der Waals surface area contributed by atoms with Crippen molar-refractivity contribution in [1.29, 1.82) is 0 Å². The summed E-state index contributed by atoms with van der Waals surface area (Å²) in [7, 11) is 1.67. The van der Waals surface area contributed by atoms with Gasteiger partial charge in [-0.1, -0.05) is 23.9 Å². The van der Waals surface area contributed by atoms with Crippen LogP contribution in [0.5, 0.6) is 5.75 Å². The monoisotopic (exact) mass is 370 g/mol. The van der Waals surface area contributed by atoms with Crippen LogP contribution in [0, 0.1) is 13.8 Å². The van der Waals surface area contributed by atoms with Crippen molar-refractivity contribution in [1.82, 2.24) is 19.7 Å². The molecule has 2 heterocycles. The number of nitrogens with one attached hydrogen (secondary N) is 1. The first kappa shape index (κ1) is 18.3. The highest BCUT2D eigenvalue weighted by Gasteiger charge is 2.16. The van der Waals surface area contributed by atoms with E-state index in [1.807, 2.05) is 32.0 Å². The van der Waals surface area contributed by atoms with Crippen molar-refractivity contribution < 1.29 is 9.53 Å². The number of H-pyrrole nitrogens is 1. The Labute approximate surface area is 157 Å². The highest BCUT2D eigenvalue weighted by Crippen LogP contribution is 2.20. The fourth-order valence-corrected chi connectivity index (χ4v) is 3.60. The normalized spacial score (nSPS) is 10.9. The third-order valence-electron chi connectivity index (χ3n) is 4.39. The smallest absolute Gasteiger partial charge is 0.183 e. The van der Waals surface area contributed by atoms with E-state index < -0.39 is 0 Å². The number of ether oxygens (including phenoxy) is 1. The number of ketones is 1. The van der Waals surface area contributed by atoms with Gasteiger partial charge in [-0.15, -0.1) is 0 Å². The minimum Gasteiger partial charge on any atom is -0.497 e. The van der Waals surface area contributed by atoms with Gasteiger partial charge in [0.05, 0.1) is 12.9 Å². The van der Waals surface area contributed by atoms with Gasteiger partial charge in [0.1, 0.15) is 12.1 Å². The Morgan fingerprint density at radius 3 is 2.69 bits per heavy atom. The van der Waals surface area contributed by atoms with Gasteiger partial charge in [0.2, 0.25) is 0 Å². The summed E-state index contributed by atoms with van der Waals surface area (Å²) >= 11 is 1.37. The lowest BCUT2D eigenvalue weighted by molar-refractivity contribution is 0.102. The molecule has 3 rings (SSSR count). The predicted octanol–water partition coefficient (Wildman–Crippen LogP) is 3.45. The molecule has 3 aromatic rings. The van der Waals surface area contributed by atoms with E-state index in [4.69, 9.17) is 4.74 Å². The Kier molecular flexibility index (Phi) is 5.78. The van der Waals surface area contributed by atoms with E-state index in [2.05, 4.69) is 31.9 Å². The van der Waals surface area contributed by atoms with Crippen molar-refractivity contribution in [2.75, 3.05) is 12.9 Å². The number of aromatic nitrogens is 4. The Hall–Kier alpha value is -2.54. The summed E-state index contributed by atoms with van der Waals surface area (Å²) in [5, 5.41) is 7.21. The first-order valence-corrected chi connectivity index (χ1v) is 9.38. The lowest BCUT2D eigenvalue weighted by Crippen LogP contribution is -2.08. The zero-order valence-electron chi connectivity index (χ0n) is 15.2. The molecule has 0 amide bonds. The number of thioether (sulfide) groups is 1. The van der Waals surface area contributed by atoms with Gasteiger partial charge in [-0.3, -0.25) is 9.89 Å². The maximum Gasteiger partial charge on any atom is 0.183 e. The molecular weight excluding hydrogens is 348 g/mol. The first-order chi connectivity index (χ1) is 12.6. The van der Waals surface area contributed by atoms with Crippen LogP contribution in [-0.2, 0) is 13.0 Å². The van der Waals surface area contributed by atoms with Crippen LogP contribution in [0.3, 0.4) is 0 Å². The van der Waals surface area contributed by atoms with E-state index in [-0.39, 0.29) is 5.78 Å². The van der Waals surface area contributed by atoms with Crippen molar-refractivity contribution in [3.63, 3.8) is 0 Å². The van der Waals surface area contributed by atoms with Crippen LogP contribution >= 0.6 is 11.8 Å². The zero-order chi connectivity index (χ0) is 18.5. The third-order valence-corrected chi connectivity index (χ3v) is 5.27. The molecule has 1 N–H and O–H groups in total. The summed E-state index contributed by atoms with van der Waals surface area (Å²) in [6, 6.07) is 10.1. The summed E-state index contributed by atoms with van der Waals surface area (Å²) in [4.78, 5) is 16.6. The molecule has 0 fully saturated rings. The summed E-state index contributed by atoms with van der Waals surface area (Å²) in [5.41, 5.74) is 4.14. The zero-order valence-corrected chi connectivity index (χ0v) is 16.0. The largest absolute Gasteiger partial charge is 0.497 e. The molecule has 7 heteroatoms. The second-order valence-corrected chi connectivity index (χ2v) is 7.00. The van der Waals surface area contributed by atoms with Crippen molar-refractivity contribution in [3.8, 4) is 5.75 Å². The van der Waals surface area contributed by atoms with Crippen LogP contribution in [0.2, 0.25) is 0 Å². The van der Waals surface area contributed by atoms with Crippen LogP contribution in [0.25, 0.3) is 0 Å². The molecule has 0 radical (unpaired) electrons. The molecule has 2 aromatic heterocycles. The number of carbonyl (C=O) groups excluding carboxylic acids is 1. The maximum absolute atomic E-state index is 12.6. The summed E-state index contributed by atoms with van der Waals surface area (Å²) in [5.74, 6) is 1.31. The number of Topliss-reactive ketones (excluding diaryl/α,β-unsaturated/α-hetero) is 1. The van der Waals surface area contributed by atoms with Crippen LogP contribution in [-0.4, -0.2) is 38.4 Å². The number of methoxy groups -OCH3 is 1. The highest BCUT2D eigenvalue weighted by atomic mass is 32.2. The average Bonchev–Trinajstić information content (AvgIpc) is 3.27. The molecule has 0 atom stereocenters. The molecule has 0 aliphatic rings. The number of benzene rings is 1. The number of carbonyl (C=O) groups is 1. The standard InChI is InChI=1S/C19H22N4O2S/c1-13-10-17(18(24)11-26-19-20-12-21-22-19)14(2)23(13)9-8-15-4-6-16(25-3)7-5-15/h4-7,10,12H,8-9,11H2,1-3H3,(H,20,21,22). The molecule has 0 unspecified atom stereocenters. The van der Waals surface area contributed by atoms with Gasteiger partial charge >= 0.3 is 0 Å². The van der Waals surface area contributed by atoms with E-state index in [1.165, 1.54) is 23.7 Å². The van der Waals surface area contributed by atoms with E-state index >= 15 is 0 Å². The quantitative estimate of drug-likeness (QED) is 0.486. The third kappa shape index (κ3) is 4.16. The van der Waals surface area contributed by atoms with Gasteiger partial charge in [0, 0.05) is 23.5 Å². The Bertz CT molecular complexity index is 870. The minimum absolute atomic E-state index is 0.107. The van der Waals surface area contributed by atoms with Crippen molar-refractivity contribution >= 4 is 17.5 Å². The molecule has 0 bridgehead atoms. The maximum atomic E-state index is 12.6. The van der Waals surface area contributed by atoms with E-state index in [9.17, 15) is 4.79 Å². The topological polar surface area (TPSA) is 72.8 Å². The van der Waals surface area contributed by atoms with Crippen molar-refractivity contribution in [3.05, 3.63) is 59.2 Å². The van der Waals surface area contributed by atoms with Crippen molar-refractivity contribution in [2.24, 2.45) is 0 Å². The number of nitrogens with zero attached hydrogens (tertiary/aromatic N) is 3. The summed E-state index contributed by atoms with van der Waals surface area (Å²) < 4.78 is 7.40. The Morgan fingerprint density at radius 2 is 2.04 bits per heavy atom. The van der Waals surface area contributed by atoms with Crippen molar-refractivity contribution in [2.45, 2.75) is 32.0 Å². The number of hydrogen-bond acceptors (Lipinski definition) is 5. The predicted molar refractivity (Wildman–Crippen MR) is 102 cm³/mol. The number of aryl methyl sites for hydroxylation is 2. The average molecular weight is 370 g/mol. The minimum atomic E-state index is 0.107. The van der Waals surface area contributed by atoms with Crippen LogP contribution in [0.1, 0.15) is 27.3 Å². The second kappa shape index (κ2) is 8.23. The fraction of sp³-hybridized carbons (Fsp3) is 0.316. The van der Waals surface area contributed by atoms with E-state index in [1.54, 1.807) is 7.11 Å². The molecule has 0 spiro atoms.